The van der Waals surface area contributed by atoms with Gasteiger partial charge in [-0.05, 0) is 55.5 Å². The van der Waals surface area contributed by atoms with Crippen LogP contribution in [0.1, 0.15) is 31.7 Å². The molecule has 0 radical (unpaired) electrons. The smallest absolute Gasteiger partial charge is 0.406 e. The van der Waals surface area contributed by atoms with Gasteiger partial charge in [-0.3, -0.25) is 4.79 Å². The van der Waals surface area contributed by atoms with Gasteiger partial charge in [0, 0.05) is 13.0 Å². The summed E-state index contributed by atoms with van der Waals surface area (Å²) in [6, 6.07) is 5.51. The lowest BCUT2D eigenvalue weighted by Gasteiger charge is -2.27. The number of halogens is 3. The fourth-order valence-corrected chi connectivity index (χ4v) is 2.95. The maximum Gasteiger partial charge on any atom is 0.573 e. The molecule has 1 aliphatic heterocycles. The SMILES string of the molecule is CC(CC(=O)NCc1ccc(OC(F)(F)F)cc1)C1CCNCC1. The van der Waals surface area contributed by atoms with Crippen LogP contribution in [0.2, 0.25) is 0 Å². The van der Waals surface area contributed by atoms with Gasteiger partial charge in [0.25, 0.3) is 0 Å². The van der Waals surface area contributed by atoms with Crippen LogP contribution in [0.15, 0.2) is 24.3 Å². The summed E-state index contributed by atoms with van der Waals surface area (Å²) in [6.45, 7) is 4.40. The summed E-state index contributed by atoms with van der Waals surface area (Å²) in [5.41, 5.74) is 0.729. The Kier molecular flexibility index (Phi) is 6.48. The number of hydrogen-bond donors (Lipinski definition) is 2. The summed E-state index contributed by atoms with van der Waals surface area (Å²) in [5.74, 6) is 0.596. The molecule has 1 unspecified atom stereocenters. The van der Waals surface area contributed by atoms with Crippen LogP contribution in [-0.4, -0.2) is 25.4 Å². The Bertz CT molecular complexity index is 526. The summed E-state index contributed by atoms with van der Waals surface area (Å²) in [7, 11) is 0. The van der Waals surface area contributed by atoms with Crippen LogP contribution in [-0.2, 0) is 11.3 Å². The van der Waals surface area contributed by atoms with Crippen LogP contribution < -0.4 is 15.4 Å². The van der Waals surface area contributed by atoms with E-state index in [0.29, 0.717) is 24.8 Å². The maximum absolute atomic E-state index is 12.1. The van der Waals surface area contributed by atoms with Gasteiger partial charge >= 0.3 is 6.36 Å². The number of hydrogen-bond acceptors (Lipinski definition) is 3. The molecule has 0 saturated carbocycles. The van der Waals surface area contributed by atoms with Gasteiger partial charge in [0.2, 0.25) is 5.91 Å². The minimum atomic E-state index is -4.69. The molecule has 0 spiro atoms. The van der Waals surface area contributed by atoms with Gasteiger partial charge in [0.05, 0.1) is 0 Å². The second-order valence-electron chi connectivity index (χ2n) is 6.24. The Labute approximate surface area is 139 Å². The van der Waals surface area contributed by atoms with Crippen molar-refractivity contribution in [1.82, 2.24) is 10.6 Å². The second-order valence-corrected chi connectivity index (χ2v) is 6.24. The standard InChI is InChI=1S/C17H23F3N2O2/c1-12(14-6-8-21-9-7-14)10-16(23)22-11-13-2-4-15(5-3-13)24-17(18,19)20/h2-5,12,14,21H,6-11H2,1H3,(H,22,23). The summed E-state index contributed by atoms with van der Waals surface area (Å²) >= 11 is 0. The quantitative estimate of drug-likeness (QED) is 0.833. The molecule has 2 rings (SSSR count). The van der Waals surface area contributed by atoms with E-state index in [4.69, 9.17) is 0 Å². The highest BCUT2D eigenvalue weighted by molar-refractivity contribution is 5.76. The number of rotatable bonds is 6. The Morgan fingerprint density at radius 2 is 1.92 bits per heavy atom. The van der Waals surface area contributed by atoms with E-state index in [2.05, 4.69) is 22.3 Å². The highest BCUT2D eigenvalue weighted by atomic mass is 19.4. The predicted octanol–water partition coefficient (Wildman–Crippen LogP) is 3.23. The summed E-state index contributed by atoms with van der Waals surface area (Å²) in [6.07, 6.45) is -2.04. The van der Waals surface area contributed by atoms with Crippen molar-refractivity contribution in [2.45, 2.75) is 39.1 Å². The molecule has 1 atom stereocenters. The monoisotopic (exact) mass is 344 g/mol. The van der Waals surface area contributed by atoms with E-state index in [-0.39, 0.29) is 11.7 Å². The number of nitrogens with one attached hydrogen (secondary N) is 2. The second kappa shape index (κ2) is 8.37. The van der Waals surface area contributed by atoms with E-state index in [9.17, 15) is 18.0 Å². The highest BCUT2D eigenvalue weighted by Gasteiger charge is 2.31. The lowest BCUT2D eigenvalue weighted by molar-refractivity contribution is -0.274. The third-order valence-corrected chi connectivity index (χ3v) is 4.34. The van der Waals surface area contributed by atoms with Crippen LogP contribution in [0, 0.1) is 11.8 Å². The van der Waals surface area contributed by atoms with E-state index in [1.807, 2.05) is 0 Å². The zero-order valence-electron chi connectivity index (χ0n) is 13.7. The van der Waals surface area contributed by atoms with Gasteiger partial charge in [0.1, 0.15) is 5.75 Å². The molecule has 24 heavy (non-hydrogen) atoms. The average molecular weight is 344 g/mol. The normalized spacial score (nSPS) is 17.3. The van der Waals surface area contributed by atoms with Crippen LogP contribution in [0.4, 0.5) is 13.2 Å². The van der Waals surface area contributed by atoms with Crippen LogP contribution in [0.5, 0.6) is 5.75 Å². The molecule has 1 amide bonds. The average Bonchev–Trinajstić information content (AvgIpc) is 2.53. The van der Waals surface area contributed by atoms with Gasteiger partial charge < -0.3 is 15.4 Å². The van der Waals surface area contributed by atoms with Crippen LogP contribution in [0.25, 0.3) is 0 Å². The molecule has 1 saturated heterocycles. The van der Waals surface area contributed by atoms with Gasteiger partial charge in [-0.25, -0.2) is 0 Å². The van der Waals surface area contributed by atoms with E-state index in [1.54, 1.807) is 0 Å². The van der Waals surface area contributed by atoms with Gasteiger partial charge in [-0.1, -0.05) is 19.1 Å². The molecule has 1 heterocycles. The predicted molar refractivity (Wildman–Crippen MR) is 84.3 cm³/mol. The number of benzene rings is 1. The number of ether oxygens (including phenoxy) is 1. The topological polar surface area (TPSA) is 50.4 Å². The fraction of sp³-hybridized carbons (Fsp3) is 0.588. The number of carbonyl (C=O) groups is 1. The Hall–Kier alpha value is -1.76. The Morgan fingerprint density at radius 3 is 2.50 bits per heavy atom. The van der Waals surface area contributed by atoms with Crippen molar-refractivity contribution < 1.29 is 22.7 Å². The molecular formula is C17H23F3N2O2. The molecule has 2 N–H and O–H groups in total. The summed E-state index contributed by atoms with van der Waals surface area (Å²) in [4.78, 5) is 12.0. The highest BCUT2D eigenvalue weighted by Crippen LogP contribution is 2.24. The fourth-order valence-electron chi connectivity index (χ4n) is 2.95. The van der Waals surface area contributed by atoms with Crippen molar-refractivity contribution in [2.75, 3.05) is 13.1 Å². The first-order valence-corrected chi connectivity index (χ1v) is 8.15. The molecular weight excluding hydrogens is 321 g/mol. The number of amides is 1. The van der Waals surface area contributed by atoms with E-state index >= 15 is 0 Å². The van der Waals surface area contributed by atoms with Gasteiger partial charge in [-0.2, -0.15) is 0 Å². The van der Waals surface area contributed by atoms with E-state index in [0.717, 1.165) is 31.5 Å². The maximum atomic E-state index is 12.1. The van der Waals surface area contributed by atoms with Crippen molar-refractivity contribution in [2.24, 2.45) is 11.8 Å². The lowest BCUT2D eigenvalue weighted by atomic mass is 9.84. The van der Waals surface area contributed by atoms with Gasteiger partial charge in [-0.15, -0.1) is 13.2 Å². The molecule has 0 bridgehead atoms. The van der Waals surface area contributed by atoms with Crippen molar-refractivity contribution in [1.29, 1.82) is 0 Å². The van der Waals surface area contributed by atoms with Crippen molar-refractivity contribution in [3.8, 4) is 5.75 Å². The molecule has 1 aromatic rings. The van der Waals surface area contributed by atoms with Crippen molar-refractivity contribution in [3.63, 3.8) is 0 Å². The Balaban J connectivity index is 1.74. The number of piperidine rings is 1. The zero-order chi connectivity index (χ0) is 17.6. The van der Waals surface area contributed by atoms with Crippen LogP contribution in [0.3, 0.4) is 0 Å². The molecule has 1 aliphatic rings. The van der Waals surface area contributed by atoms with E-state index < -0.39 is 6.36 Å². The first kappa shape index (κ1) is 18.6. The minimum Gasteiger partial charge on any atom is -0.406 e. The molecule has 0 aliphatic carbocycles. The molecule has 0 aromatic heterocycles. The molecule has 134 valence electrons. The summed E-state index contributed by atoms with van der Waals surface area (Å²) in [5, 5.41) is 6.13. The van der Waals surface area contributed by atoms with Crippen molar-refractivity contribution >= 4 is 5.91 Å². The van der Waals surface area contributed by atoms with Crippen molar-refractivity contribution in [3.05, 3.63) is 29.8 Å². The minimum absolute atomic E-state index is 0.0309. The van der Waals surface area contributed by atoms with Gasteiger partial charge in [0.15, 0.2) is 0 Å². The molecule has 4 nitrogen and oxygen atoms in total. The molecule has 1 fully saturated rings. The summed E-state index contributed by atoms with van der Waals surface area (Å²) < 4.78 is 40.1. The largest absolute Gasteiger partial charge is 0.573 e. The number of alkyl halides is 3. The first-order valence-electron chi connectivity index (χ1n) is 8.15. The van der Waals surface area contributed by atoms with Crippen LogP contribution >= 0.6 is 0 Å². The third kappa shape index (κ3) is 6.39. The first-order chi connectivity index (χ1) is 11.3. The molecule has 7 heteroatoms. The lowest BCUT2D eigenvalue weighted by Crippen LogP contribution is -2.33. The third-order valence-electron chi connectivity index (χ3n) is 4.34. The zero-order valence-corrected chi connectivity index (χ0v) is 13.7. The molecule has 1 aromatic carbocycles. The van der Waals surface area contributed by atoms with E-state index in [1.165, 1.54) is 24.3 Å². The number of carbonyl (C=O) groups excluding carboxylic acids is 1. The Morgan fingerprint density at radius 1 is 1.29 bits per heavy atom.